The number of ether oxygens (including phenoxy) is 2. The van der Waals surface area contributed by atoms with Crippen LogP contribution in [0.5, 0.6) is 11.5 Å². The van der Waals surface area contributed by atoms with Crippen molar-refractivity contribution < 1.29 is 24.2 Å². The second-order valence-corrected chi connectivity index (χ2v) is 8.06. The number of hydrogen-bond donors (Lipinski definition) is 3. The third-order valence-electron chi connectivity index (χ3n) is 4.67. The molecule has 0 saturated carbocycles. The zero-order valence-electron chi connectivity index (χ0n) is 19.5. The van der Waals surface area contributed by atoms with Gasteiger partial charge in [0.25, 0.3) is 0 Å². The summed E-state index contributed by atoms with van der Waals surface area (Å²) in [4.78, 5) is 24.7. The normalized spacial score (nSPS) is 12.2. The number of allylic oxidation sites excluding steroid dienone is 3. The van der Waals surface area contributed by atoms with Crippen LogP contribution in [0, 0.1) is 5.92 Å². The molecule has 0 heterocycles. The SMILES string of the molecule is COc1cc(CNC(=O)[C@@H](NC(=O)OCC=C(C)CCC=C(C)C)C(C)C)ccc1O. The maximum absolute atomic E-state index is 12.6. The molecule has 0 aliphatic heterocycles. The zero-order valence-corrected chi connectivity index (χ0v) is 19.5. The molecule has 0 aromatic heterocycles. The smallest absolute Gasteiger partial charge is 0.408 e. The summed E-state index contributed by atoms with van der Waals surface area (Å²) in [5.74, 6) is -0.0722. The number of aromatic hydroxyl groups is 1. The van der Waals surface area contributed by atoms with Gasteiger partial charge in [-0.3, -0.25) is 4.79 Å². The molecule has 0 unspecified atom stereocenters. The number of alkyl carbamates (subject to hydrolysis) is 1. The number of carbonyl (C=O) groups excluding carboxylic acids is 2. The Morgan fingerprint density at radius 1 is 1.16 bits per heavy atom. The highest BCUT2D eigenvalue weighted by atomic mass is 16.5. The summed E-state index contributed by atoms with van der Waals surface area (Å²) in [6, 6.07) is 4.12. The van der Waals surface area contributed by atoms with Gasteiger partial charge in [0.1, 0.15) is 12.6 Å². The highest BCUT2D eigenvalue weighted by Gasteiger charge is 2.24. The van der Waals surface area contributed by atoms with Gasteiger partial charge in [-0.15, -0.1) is 0 Å². The average Bonchev–Trinajstić information content (AvgIpc) is 2.70. The molecule has 0 aliphatic rings. The first kappa shape index (κ1) is 26.1. The maximum atomic E-state index is 12.6. The van der Waals surface area contributed by atoms with Crippen LogP contribution in [0.3, 0.4) is 0 Å². The van der Waals surface area contributed by atoms with Crippen molar-refractivity contribution in [3.05, 3.63) is 47.1 Å². The predicted molar refractivity (Wildman–Crippen MR) is 122 cm³/mol. The Morgan fingerprint density at radius 2 is 1.87 bits per heavy atom. The summed E-state index contributed by atoms with van der Waals surface area (Å²) >= 11 is 0. The highest BCUT2D eigenvalue weighted by Crippen LogP contribution is 2.26. The fourth-order valence-corrected chi connectivity index (χ4v) is 2.78. The van der Waals surface area contributed by atoms with Crippen LogP contribution in [0.2, 0.25) is 0 Å². The molecule has 0 spiro atoms. The third-order valence-corrected chi connectivity index (χ3v) is 4.67. The second kappa shape index (κ2) is 13.4. The molecule has 31 heavy (non-hydrogen) atoms. The van der Waals surface area contributed by atoms with Crippen LogP contribution in [0.25, 0.3) is 0 Å². The second-order valence-electron chi connectivity index (χ2n) is 8.06. The lowest BCUT2D eigenvalue weighted by Crippen LogP contribution is -2.49. The van der Waals surface area contributed by atoms with Gasteiger partial charge in [0, 0.05) is 6.54 Å². The Kier molecular flexibility index (Phi) is 11.2. The van der Waals surface area contributed by atoms with Crippen molar-refractivity contribution in [1.82, 2.24) is 10.6 Å². The topological polar surface area (TPSA) is 96.9 Å². The van der Waals surface area contributed by atoms with Gasteiger partial charge in [-0.2, -0.15) is 0 Å². The summed E-state index contributed by atoms with van der Waals surface area (Å²) in [6.07, 6.45) is 5.29. The number of amides is 2. The molecular weight excluding hydrogens is 396 g/mol. The molecular formula is C24H36N2O5. The van der Waals surface area contributed by atoms with E-state index in [9.17, 15) is 14.7 Å². The first-order chi connectivity index (χ1) is 14.6. The molecule has 0 aliphatic carbocycles. The predicted octanol–water partition coefficient (Wildman–Crippen LogP) is 4.46. The molecule has 1 atom stereocenters. The fraction of sp³-hybridized carbons (Fsp3) is 0.500. The Hall–Kier alpha value is -2.96. The number of phenols is 1. The van der Waals surface area contributed by atoms with Crippen LogP contribution in [-0.4, -0.2) is 36.9 Å². The molecule has 7 nitrogen and oxygen atoms in total. The van der Waals surface area contributed by atoms with Crippen molar-refractivity contribution >= 4 is 12.0 Å². The summed E-state index contributed by atoms with van der Waals surface area (Å²) in [7, 11) is 1.46. The van der Waals surface area contributed by atoms with Crippen LogP contribution in [0.4, 0.5) is 4.79 Å². The average molecular weight is 433 g/mol. The van der Waals surface area contributed by atoms with E-state index in [2.05, 4.69) is 30.6 Å². The lowest BCUT2D eigenvalue weighted by atomic mass is 10.0. The van der Waals surface area contributed by atoms with E-state index in [1.807, 2.05) is 26.8 Å². The number of carbonyl (C=O) groups is 2. The number of methoxy groups -OCH3 is 1. The molecule has 0 fully saturated rings. The molecule has 2 amide bonds. The standard InChI is InChI=1S/C24H36N2O5/c1-16(2)8-7-9-18(5)12-13-31-24(29)26-22(17(3)4)23(28)25-15-19-10-11-20(27)21(14-19)30-6/h8,10-12,14,17,22,27H,7,9,13,15H2,1-6H3,(H,25,28)(H,26,29)/t22-/m0/s1. The Morgan fingerprint density at radius 3 is 2.48 bits per heavy atom. The largest absolute Gasteiger partial charge is 0.504 e. The number of benzene rings is 1. The van der Waals surface area contributed by atoms with E-state index in [1.54, 1.807) is 12.1 Å². The molecule has 0 radical (unpaired) electrons. The zero-order chi connectivity index (χ0) is 23.4. The van der Waals surface area contributed by atoms with Gasteiger partial charge in [0.05, 0.1) is 7.11 Å². The van der Waals surface area contributed by atoms with Gasteiger partial charge >= 0.3 is 6.09 Å². The highest BCUT2D eigenvalue weighted by molar-refractivity contribution is 5.85. The molecule has 0 bridgehead atoms. The van der Waals surface area contributed by atoms with Crippen molar-refractivity contribution in [3.8, 4) is 11.5 Å². The van der Waals surface area contributed by atoms with Crippen molar-refractivity contribution in [1.29, 1.82) is 0 Å². The molecule has 1 rings (SSSR count). The van der Waals surface area contributed by atoms with Crippen molar-refractivity contribution in [2.75, 3.05) is 13.7 Å². The van der Waals surface area contributed by atoms with Crippen LogP contribution < -0.4 is 15.4 Å². The molecule has 0 saturated heterocycles. The first-order valence-corrected chi connectivity index (χ1v) is 10.5. The van der Waals surface area contributed by atoms with E-state index in [0.29, 0.717) is 5.75 Å². The van der Waals surface area contributed by atoms with Gasteiger partial charge in [0.2, 0.25) is 5.91 Å². The van der Waals surface area contributed by atoms with E-state index in [1.165, 1.54) is 18.7 Å². The number of rotatable bonds is 11. The molecule has 1 aromatic carbocycles. The summed E-state index contributed by atoms with van der Waals surface area (Å²) in [5.41, 5.74) is 3.19. The van der Waals surface area contributed by atoms with E-state index in [0.717, 1.165) is 24.0 Å². The van der Waals surface area contributed by atoms with Crippen LogP contribution >= 0.6 is 0 Å². The van der Waals surface area contributed by atoms with E-state index in [-0.39, 0.29) is 30.7 Å². The maximum Gasteiger partial charge on any atom is 0.408 e. The van der Waals surface area contributed by atoms with Gasteiger partial charge < -0.3 is 25.2 Å². The van der Waals surface area contributed by atoms with Crippen LogP contribution in [0.15, 0.2) is 41.5 Å². The summed E-state index contributed by atoms with van der Waals surface area (Å²) in [5, 5.41) is 15.1. The van der Waals surface area contributed by atoms with E-state index < -0.39 is 12.1 Å². The van der Waals surface area contributed by atoms with Gasteiger partial charge in [-0.05, 0) is 63.3 Å². The lowest BCUT2D eigenvalue weighted by Gasteiger charge is -2.21. The minimum atomic E-state index is -0.728. The van der Waals surface area contributed by atoms with Crippen molar-refractivity contribution in [2.45, 2.75) is 60.0 Å². The minimum Gasteiger partial charge on any atom is -0.504 e. The van der Waals surface area contributed by atoms with Gasteiger partial charge in [-0.25, -0.2) is 4.79 Å². The van der Waals surface area contributed by atoms with Crippen LogP contribution in [-0.2, 0) is 16.1 Å². The monoisotopic (exact) mass is 432 g/mol. The van der Waals surface area contributed by atoms with Gasteiger partial charge in [-0.1, -0.05) is 37.1 Å². The fourth-order valence-electron chi connectivity index (χ4n) is 2.78. The summed E-state index contributed by atoms with van der Waals surface area (Å²) < 4.78 is 10.3. The molecule has 172 valence electrons. The number of nitrogens with one attached hydrogen (secondary N) is 2. The Bertz CT molecular complexity index is 795. The summed E-state index contributed by atoms with van der Waals surface area (Å²) in [6.45, 7) is 10.2. The van der Waals surface area contributed by atoms with E-state index >= 15 is 0 Å². The van der Waals surface area contributed by atoms with Crippen molar-refractivity contribution in [3.63, 3.8) is 0 Å². The first-order valence-electron chi connectivity index (χ1n) is 10.5. The van der Waals surface area contributed by atoms with E-state index in [4.69, 9.17) is 9.47 Å². The molecule has 7 heteroatoms. The molecule has 3 N–H and O–H groups in total. The number of hydrogen-bond acceptors (Lipinski definition) is 5. The lowest BCUT2D eigenvalue weighted by molar-refractivity contribution is -0.124. The Balaban J connectivity index is 2.54. The number of phenolic OH excluding ortho intramolecular Hbond substituents is 1. The third kappa shape index (κ3) is 10.1. The molecule has 1 aromatic rings. The van der Waals surface area contributed by atoms with Gasteiger partial charge in [0.15, 0.2) is 11.5 Å². The Labute approximate surface area is 185 Å². The minimum absolute atomic E-state index is 0.0308. The van der Waals surface area contributed by atoms with Crippen LogP contribution in [0.1, 0.15) is 53.0 Å². The quantitative estimate of drug-likeness (QED) is 0.449. The van der Waals surface area contributed by atoms with Crippen molar-refractivity contribution in [2.24, 2.45) is 5.92 Å².